The van der Waals surface area contributed by atoms with Gasteiger partial charge < -0.3 is 15.2 Å². The van der Waals surface area contributed by atoms with Gasteiger partial charge in [-0.25, -0.2) is 9.18 Å². The van der Waals surface area contributed by atoms with Crippen LogP contribution in [0.4, 0.5) is 10.1 Å². The smallest absolute Gasteiger partial charge is 0.339 e. The summed E-state index contributed by atoms with van der Waals surface area (Å²) in [4.78, 5) is 22.9. The molecule has 0 aliphatic carbocycles. The first kappa shape index (κ1) is 14.1. The van der Waals surface area contributed by atoms with Gasteiger partial charge in [0.2, 0.25) is 5.91 Å². The molecule has 1 aromatic carbocycles. The monoisotopic (exact) mass is 255 g/mol. The number of ether oxygens (including phenoxy) is 1. The van der Waals surface area contributed by atoms with Crippen molar-refractivity contribution in [2.24, 2.45) is 0 Å². The van der Waals surface area contributed by atoms with Crippen LogP contribution in [0.25, 0.3) is 0 Å². The highest BCUT2D eigenvalue weighted by atomic mass is 19.1. The zero-order chi connectivity index (χ0) is 13.5. The van der Waals surface area contributed by atoms with Crippen LogP contribution in [-0.2, 0) is 9.53 Å². The fraction of sp³-hybridized carbons (Fsp3) is 0.333. The van der Waals surface area contributed by atoms with Gasteiger partial charge in [0.05, 0.1) is 18.4 Å². The Morgan fingerprint density at radius 3 is 2.78 bits per heavy atom. The van der Waals surface area contributed by atoms with Gasteiger partial charge in [0.1, 0.15) is 5.82 Å². The van der Waals surface area contributed by atoms with Gasteiger partial charge in [0.25, 0.3) is 0 Å². The minimum Gasteiger partial charge on any atom is -0.465 e. The quantitative estimate of drug-likeness (QED) is 0.778. The molecule has 0 saturated heterocycles. The average molecular weight is 255 g/mol. The zero-order valence-electron chi connectivity index (χ0n) is 9.90. The second-order valence-corrected chi connectivity index (χ2v) is 3.56. The van der Waals surface area contributed by atoms with Crippen LogP contribution in [0.2, 0.25) is 0 Å². The van der Waals surface area contributed by atoms with Crippen molar-refractivity contribution in [3.8, 4) is 0 Å². The third-order valence-corrected chi connectivity index (χ3v) is 2.22. The normalized spacial score (nSPS) is 9.94. The van der Waals surface area contributed by atoms with Crippen LogP contribution in [0.5, 0.6) is 0 Å². The number of carbonyl (C=O) groups excluding carboxylic acids is 2. The summed E-state index contributed by atoms with van der Waals surface area (Å²) in [7, 11) is 1.20. The van der Waals surface area contributed by atoms with Crippen LogP contribution in [0, 0.1) is 5.82 Å². The Balaban J connectivity index is 2.88. The summed E-state index contributed by atoms with van der Waals surface area (Å²) in [5.74, 6) is -1.63. The number of esters is 1. The van der Waals surface area contributed by atoms with Crippen LogP contribution in [0.15, 0.2) is 18.2 Å². The highest BCUT2D eigenvalue weighted by molar-refractivity contribution is 6.01. The van der Waals surface area contributed by atoms with Gasteiger partial charge >= 0.3 is 5.97 Å². The molecule has 98 valence electrons. The molecular weight excluding hydrogens is 241 g/mol. The minimum absolute atomic E-state index is 0.0600. The van der Waals surface area contributed by atoms with Gasteiger partial charge in [-0.15, -0.1) is 0 Å². The molecule has 0 fully saturated rings. The molecule has 0 heterocycles. The second-order valence-electron chi connectivity index (χ2n) is 3.56. The van der Waals surface area contributed by atoms with E-state index in [4.69, 9.17) is 5.11 Å². The number of methoxy groups -OCH3 is 1. The van der Waals surface area contributed by atoms with Crippen molar-refractivity contribution in [3.63, 3.8) is 0 Å². The molecule has 0 aromatic heterocycles. The van der Waals surface area contributed by atoms with Crippen molar-refractivity contribution in [2.75, 3.05) is 19.0 Å². The lowest BCUT2D eigenvalue weighted by molar-refractivity contribution is -0.116. The largest absolute Gasteiger partial charge is 0.465 e. The van der Waals surface area contributed by atoms with Crippen LogP contribution in [-0.4, -0.2) is 30.7 Å². The molecule has 0 atom stereocenters. The number of hydrogen-bond donors (Lipinski definition) is 2. The summed E-state index contributed by atoms with van der Waals surface area (Å²) in [6.45, 7) is -0.111. The molecule has 0 aliphatic heterocycles. The topological polar surface area (TPSA) is 75.6 Å². The predicted octanol–water partition coefficient (Wildman–Crippen LogP) is 1.32. The number of aliphatic hydroxyl groups excluding tert-OH is 1. The van der Waals surface area contributed by atoms with E-state index in [1.165, 1.54) is 13.2 Å². The molecular formula is C12H14FNO4. The highest BCUT2D eigenvalue weighted by Gasteiger charge is 2.14. The van der Waals surface area contributed by atoms with Gasteiger partial charge in [-0.3, -0.25) is 4.79 Å². The SMILES string of the molecule is COC(=O)c1ccc(F)cc1NC(=O)CCCO. The number of amides is 1. The van der Waals surface area contributed by atoms with Gasteiger partial charge in [0.15, 0.2) is 0 Å². The summed E-state index contributed by atoms with van der Waals surface area (Å²) in [5, 5.41) is 11.0. The van der Waals surface area contributed by atoms with Crippen molar-refractivity contribution >= 4 is 17.6 Å². The number of nitrogens with one attached hydrogen (secondary N) is 1. The first-order valence-electron chi connectivity index (χ1n) is 5.37. The van der Waals surface area contributed by atoms with E-state index in [9.17, 15) is 14.0 Å². The molecule has 1 rings (SSSR count). The Kier molecular flexibility index (Phi) is 5.26. The fourth-order valence-corrected chi connectivity index (χ4v) is 1.36. The maximum atomic E-state index is 13.1. The maximum Gasteiger partial charge on any atom is 0.339 e. The van der Waals surface area contributed by atoms with E-state index in [1.54, 1.807) is 0 Å². The molecule has 1 amide bonds. The molecule has 0 aliphatic rings. The lowest BCUT2D eigenvalue weighted by Crippen LogP contribution is -2.15. The van der Waals surface area contributed by atoms with Gasteiger partial charge in [0, 0.05) is 13.0 Å². The van der Waals surface area contributed by atoms with Crippen molar-refractivity contribution < 1.29 is 23.8 Å². The van der Waals surface area contributed by atoms with Crippen molar-refractivity contribution in [1.82, 2.24) is 0 Å². The molecule has 0 bridgehead atoms. The van der Waals surface area contributed by atoms with E-state index in [-0.39, 0.29) is 24.3 Å². The molecule has 2 N–H and O–H groups in total. The predicted molar refractivity (Wildman–Crippen MR) is 62.7 cm³/mol. The van der Waals surface area contributed by atoms with Crippen LogP contribution < -0.4 is 5.32 Å². The Labute approximate surface area is 104 Å². The summed E-state index contributed by atoms with van der Waals surface area (Å²) in [6, 6.07) is 3.39. The molecule has 0 radical (unpaired) electrons. The maximum absolute atomic E-state index is 13.1. The van der Waals surface area contributed by atoms with Gasteiger partial charge in [-0.05, 0) is 24.6 Å². The number of hydrogen-bond acceptors (Lipinski definition) is 4. The number of benzene rings is 1. The molecule has 0 saturated carbocycles. The number of carbonyl (C=O) groups is 2. The second kappa shape index (κ2) is 6.70. The van der Waals surface area contributed by atoms with Crippen LogP contribution in [0.3, 0.4) is 0 Å². The first-order valence-corrected chi connectivity index (χ1v) is 5.37. The van der Waals surface area contributed by atoms with Crippen LogP contribution in [0.1, 0.15) is 23.2 Å². The van der Waals surface area contributed by atoms with Crippen molar-refractivity contribution in [2.45, 2.75) is 12.8 Å². The Hall–Kier alpha value is -1.95. The fourth-order valence-electron chi connectivity index (χ4n) is 1.36. The number of anilines is 1. The lowest BCUT2D eigenvalue weighted by atomic mass is 10.1. The molecule has 1 aromatic rings. The van der Waals surface area contributed by atoms with E-state index < -0.39 is 17.7 Å². The lowest BCUT2D eigenvalue weighted by Gasteiger charge is -2.09. The summed E-state index contributed by atoms with van der Waals surface area (Å²) >= 11 is 0. The van der Waals surface area contributed by atoms with E-state index >= 15 is 0 Å². The highest BCUT2D eigenvalue weighted by Crippen LogP contribution is 2.18. The van der Waals surface area contributed by atoms with E-state index in [1.807, 2.05) is 0 Å². The summed E-state index contributed by atoms with van der Waals surface area (Å²) in [5.41, 5.74) is 0.140. The van der Waals surface area contributed by atoms with Gasteiger partial charge in [-0.2, -0.15) is 0 Å². The Morgan fingerprint density at radius 1 is 1.44 bits per heavy atom. The van der Waals surface area contributed by atoms with E-state index in [2.05, 4.69) is 10.1 Å². The molecule has 0 unspecified atom stereocenters. The van der Waals surface area contributed by atoms with Crippen LogP contribution >= 0.6 is 0 Å². The first-order chi connectivity index (χ1) is 8.58. The van der Waals surface area contributed by atoms with E-state index in [0.29, 0.717) is 6.42 Å². The number of aliphatic hydroxyl groups is 1. The summed E-state index contributed by atoms with van der Waals surface area (Å²) < 4.78 is 17.6. The zero-order valence-corrected chi connectivity index (χ0v) is 9.90. The van der Waals surface area contributed by atoms with Gasteiger partial charge in [-0.1, -0.05) is 0 Å². The Bertz CT molecular complexity index is 448. The summed E-state index contributed by atoms with van der Waals surface area (Å²) in [6.07, 6.45) is 0.391. The van der Waals surface area contributed by atoms with Crippen molar-refractivity contribution in [3.05, 3.63) is 29.6 Å². The minimum atomic E-state index is -0.660. The molecule has 6 heteroatoms. The molecule has 18 heavy (non-hydrogen) atoms. The molecule has 0 spiro atoms. The standard InChI is InChI=1S/C12H14FNO4/c1-18-12(17)9-5-4-8(13)7-10(9)14-11(16)3-2-6-15/h4-5,7,15H,2-3,6H2,1H3,(H,14,16). The number of halogens is 1. The van der Waals surface area contributed by atoms with E-state index in [0.717, 1.165) is 12.1 Å². The average Bonchev–Trinajstić information content (AvgIpc) is 2.35. The van der Waals surface area contributed by atoms with Crippen molar-refractivity contribution in [1.29, 1.82) is 0 Å². The number of rotatable bonds is 5. The third-order valence-electron chi connectivity index (χ3n) is 2.22. The Morgan fingerprint density at radius 2 is 2.17 bits per heavy atom. The molecule has 5 nitrogen and oxygen atoms in total. The third kappa shape index (κ3) is 3.81.